The minimum atomic E-state index is -0.279. The second-order valence-electron chi connectivity index (χ2n) is 31.2. The third-order valence-corrected chi connectivity index (χ3v) is 24.8. The van der Waals surface area contributed by atoms with Gasteiger partial charge in [0.2, 0.25) is 0 Å². The van der Waals surface area contributed by atoms with Crippen LogP contribution in [0.4, 0.5) is 85.8 Å². The molecule has 8 nitrogen and oxygen atoms in total. The lowest BCUT2D eigenvalue weighted by molar-refractivity contribution is 0.627. The maximum atomic E-state index is 14.9. The SMILES string of the molecule is Fc1ccc(N(c2ccccc2)c2cccc3c2c2cccc4c5cc6c(cc5n3c42)c2cccc3c4c(N(c5ccccc5)c5ccc(F)cc5)cccc4n6c23)cc1.Fc1cccc(N(c2ccccc2)c2cccc3c2c2cccc4c5cc6c(cc5n3c42)c2cccc3c4c(N(c5ccccc5)c5cccc(F)c5)cccc4n6c23)c1. The van der Waals surface area contributed by atoms with Crippen molar-refractivity contribution in [2.45, 2.75) is 0 Å². The molecule has 0 bridgehead atoms. The Kier molecular flexibility index (Phi) is 14.5. The fourth-order valence-electron chi connectivity index (χ4n) is 20.2. The summed E-state index contributed by atoms with van der Waals surface area (Å²) in [5.41, 5.74) is 24.9. The predicted molar refractivity (Wildman–Crippen MR) is 490 cm³/mol. The summed E-state index contributed by atoms with van der Waals surface area (Å²) in [6.07, 6.45) is 0. The van der Waals surface area contributed by atoms with E-state index in [4.69, 9.17) is 0 Å². The molecule has 0 spiro atoms. The normalized spacial score (nSPS) is 12.2. The number of hydrogen-bond donors (Lipinski definition) is 0. The minimum Gasteiger partial charge on any atom is -0.310 e. The Hall–Kier alpha value is -15.9. The highest BCUT2D eigenvalue weighted by molar-refractivity contribution is 6.34. The van der Waals surface area contributed by atoms with E-state index in [2.05, 4.69) is 256 Å². The van der Waals surface area contributed by atoms with Crippen LogP contribution in [0.5, 0.6) is 0 Å². The molecular weight excluding hydrogens is 1490 g/mol. The van der Waals surface area contributed by atoms with Crippen LogP contribution in [0.1, 0.15) is 0 Å². The third-order valence-electron chi connectivity index (χ3n) is 24.8. The Balaban J connectivity index is 0.000000133. The summed E-state index contributed by atoms with van der Waals surface area (Å²) in [6.45, 7) is 0. The second kappa shape index (κ2) is 25.8. The van der Waals surface area contributed by atoms with Crippen molar-refractivity contribution < 1.29 is 17.6 Å². The maximum absolute atomic E-state index is 14.9. The Bertz CT molecular complexity index is 8100. The summed E-state index contributed by atoms with van der Waals surface area (Å²) in [4.78, 5) is 8.78. The largest absolute Gasteiger partial charge is 0.310 e. The first kappa shape index (κ1) is 67.4. The van der Waals surface area contributed by atoms with Crippen LogP contribution in [-0.4, -0.2) is 17.6 Å². The molecule has 8 heterocycles. The van der Waals surface area contributed by atoms with Crippen LogP contribution in [0.3, 0.4) is 0 Å². The number of aromatic nitrogens is 4. The van der Waals surface area contributed by atoms with Gasteiger partial charge in [-0.15, -0.1) is 0 Å². The van der Waals surface area contributed by atoms with Gasteiger partial charge in [0.15, 0.2) is 0 Å². The first-order valence-electron chi connectivity index (χ1n) is 40.3. The second-order valence-corrected chi connectivity index (χ2v) is 31.2. The number of para-hydroxylation sites is 8. The van der Waals surface area contributed by atoms with E-state index in [0.717, 1.165) is 167 Å². The molecule has 0 amide bonds. The van der Waals surface area contributed by atoms with Crippen LogP contribution in [0.25, 0.3) is 152 Å². The Labute approximate surface area is 682 Å². The molecule has 0 saturated heterocycles. The fourth-order valence-corrected chi connectivity index (χ4v) is 20.2. The van der Waals surface area contributed by atoms with E-state index < -0.39 is 0 Å². The van der Waals surface area contributed by atoms with Gasteiger partial charge in [-0.2, -0.15) is 0 Å². The van der Waals surface area contributed by atoms with E-state index in [-0.39, 0.29) is 23.3 Å². The number of rotatable bonds is 12. The zero-order chi connectivity index (χ0) is 79.3. The standard InChI is InChI=1S/2C54H32F2N4/c55-33-13-7-19-37(29-33)57(35-15-3-1-4-16-35)45-25-11-27-47-51(45)41-23-9-21-39-43-32-50-44(31-49(43)59(47)53(39)41)40-22-10-24-42-52-46(26-12-28-48(52)60(50)54(40)42)58(36-17-5-2-6-18-36)38-20-8-14-34(56)30-38;55-33-23-27-37(28-24-33)57(35-11-3-1-4-12-35)45-19-9-21-47-51(45)41-17-7-15-39-43-32-50-44(31-49(43)59(47)53(39)41)40-16-8-18-42-52-46(20-10-22-48(52)60(50)54(40)42)58(36-13-5-2-6-14-36)38-29-25-34(56)26-30-38/h2*1-32H. The van der Waals surface area contributed by atoms with E-state index in [1.807, 2.05) is 109 Å². The van der Waals surface area contributed by atoms with Crippen molar-refractivity contribution in [1.29, 1.82) is 0 Å². The van der Waals surface area contributed by atoms with Crippen LogP contribution in [0.2, 0.25) is 0 Å². The van der Waals surface area contributed by atoms with Gasteiger partial charge in [-0.3, -0.25) is 0 Å². The monoisotopic (exact) mass is 1550 g/mol. The number of benzene rings is 18. The first-order chi connectivity index (χ1) is 59.2. The van der Waals surface area contributed by atoms with Crippen molar-refractivity contribution >= 4 is 221 Å². The molecule has 8 aromatic heterocycles. The number of anilines is 12. The van der Waals surface area contributed by atoms with Crippen molar-refractivity contribution in [2.75, 3.05) is 19.6 Å². The molecular formula is C108H64F4N8. The van der Waals surface area contributed by atoms with E-state index >= 15 is 0 Å². The Morgan fingerprint density at radius 1 is 0.150 bits per heavy atom. The molecule has 18 aromatic carbocycles. The number of hydrogen-bond acceptors (Lipinski definition) is 4. The van der Waals surface area contributed by atoms with Gasteiger partial charge in [-0.25, -0.2) is 17.6 Å². The number of halogens is 4. The van der Waals surface area contributed by atoms with Crippen molar-refractivity contribution in [3.8, 4) is 0 Å². The molecule has 0 unspecified atom stereocenters. The molecule has 0 aliphatic heterocycles. The average molecular weight is 1550 g/mol. The zero-order valence-corrected chi connectivity index (χ0v) is 64.0. The van der Waals surface area contributed by atoms with E-state index in [1.165, 1.54) is 90.5 Å². The third kappa shape index (κ3) is 9.69. The van der Waals surface area contributed by atoms with Crippen molar-refractivity contribution in [2.24, 2.45) is 0 Å². The fraction of sp³-hybridized carbons (Fsp3) is 0. The summed E-state index contributed by atoms with van der Waals surface area (Å²) in [5, 5.41) is 18.6. The molecule has 26 aromatic rings. The van der Waals surface area contributed by atoms with Gasteiger partial charge in [-0.05, 0) is 206 Å². The molecule has 0 aliphatic rings. The van der Waals surface area contributed by atoms with E-state index in [9.17, 15) is 17.6 Å². The lowest BCUT2D eigenvalue weighted by Gasteiger charge is -2.26. The molecule has 564 valence electrons. The molecule has 12 heteroatoms. The van der Waals surface area contributed by atoms with Crippen LogP contribution in [0.15, 0.2) is 388 Å². The highest BCUT2D eigenvalue weighted by Gasteiger charge is 2.31. The molecule has 26 rings (SSSR count). The molecule has 0 fully saturated rings. The molecule has 0 aliphatic carbocycles. The van der Waals surface area contributed by atoms with Crippen LogP contribution < -0.4 is 19.6 Å². The Morgan fingerprint density at radius 2 is 0.367 bits per heavy atom. The molecule has 0 N–H and O–H groups in total. The molecule has 0 radical (unpaired) electrons. The minimum absolute atomic E-state index is 0.264. The smallest absolute Gasteiger partial charge is 0.125 e. The zero-order valence-electron chi connectivity index (χ0n) is 64.0. The molecule has 0 saturated carbocycles. The number of nitrogens with zero attached hydrogens (tertiary/aromatic N) is 8. The Morgan fingerprint density at radius 3 is 0.625 bits per heavy atom. The summed E-state index contributed by atoms with van der Waals surface area (Å²) < 4.78 is 68.0. The van der Waals surface area contributed by atoms with Crippen molar-refractivity contribution in [3.63, 3.8) is 0 Å². The van der Waals surface area contributed by atoms with Crippen molar-refractivity contribution in [1.82, 2.24) is 17.6 Å². The summed E-state index contributed by atoms with van der Waals surface area (Å²) in [6, 6.07) is 130. The van der Waals surface area contributed by atoms with Crippen LogP contribution >= 0.6 is 0 Å². The lowest BCUT2D eigenvalue weighted by Crippen LogP contribution is -2.10. The summed E-state index contributed by atoms with van der Waals surface area (Å²) in [7, 11) is 0. The summed E-state index contributed by atoms with van der Waals surface area (Å²) in [5.74, 6) is -1.09. The van der Waals surface area contributed by atoms with E-state index in [0.29, 0.717) is 0 Å². The lowest BCUT2D eigenvalue weighted by atomic mass is 10.0. The quantitative estimate of drug-likeness (QED) is 0.114. The highest BCUT2D eigenvalue weighted by Crippen LogP contribution is 2.54. The van der Waals surface area contributed by atoms with Gasteiger partial charge >= 0.3 is 0 Å². The maximum Gasteiger partial charge on any atom is 0.125 e. The van der Waals surface area contributed by atoms with E-state index in [1.54, 1.807) is 24.3 Å². The van der Waals surface area contributed by atoms with Gasteiger partial charge in [0.25, 0.3) is 0 Å². The molecule has 120 heavy (non-hydrogen) atoms. The highest BCUT2D eigenvalue weighted by atomic mass is 19.1. The van der Waals surface area contributed by atoms with Gasteiger partial charge in [0, 0.05) is 132 Å². The van der Waals surface area contributed by atoms with Gasteiger partial charge in [0.05, 0.1) is 88.9 Å². The van der Waals surface area contributed by atoms with Gasteiger partial charge in [-0.1, -0.05) is 182 Å². The molecule has 0 atom stereocenters. The predicted octanol–water partition coefficient (Wildman–Crippen LogP) is 30.4. The first-order valence-corrected chi connectivity index (χ1v) is 40.3. The van der Waals surface area contributed by atoms with Crippen molar-refractivity contribution in [3.05, 3.63) is 412 Å². The van der Waals surface area contributed by atoms with Gasteiger partial charge < -0.3 is 37.2 Å². The average Bonchev–Trinajstić information content (AvgIpc) is 1.52. The van der Waals surface area contributed by atoms with Gasteiger partial charge in [0.1, 0.15) is 23.3 Å². The number of fused-ring (bicyclic) bond motifs is 24. The van der Waals surface area contributed by atoms with Crippen LogP contribution in [0, 0.1) is 23.3 Å². The summed E-state index contributed by atoms with van der Waals surface area (Å²) >= 11 is 0. The van der Waals surface area contributed by atoms with Crippen LogP contribution in [-0.2, 0) is 0 Å². The topological polar surface area (TPSA) is 30.6 Å².